The summed E-state index contributed by atoms with van der Waals surface area (Å²) in [5, 5.41) is 4.25. The number of aryl methyl sites for hydroxylation is 2. The highest BCUT2D eigenvalue weighted by Crippen LogP contribution is 2.28. The Bertz CT molecular complexity index is 364. The summed E-state index contributed by atoms with van der Waals surface area (Å²) in [4.78, 5) is 0. The SMILES string of the molecule is CCCC(F)(CN)Cc1c(Br)c(C)nn1C. The van der Waals surface area contributed by atoms with Crippen LogP contribution in [0, 0.1) is 6.92 Å². The monoisotopic (exact) mass is 291 g/mol. The van der Waals surface area contributed by atoms with Gasteiger partial charge < -0.3 is 5.73 Å². The average molecular weight is 292 g/mol. The molecule has 1 unspecified atom stereocenters. The third kappa shape index (κ3) is 2.83. The van der Waals surface area contributed by atoms with Gasteiger partial charge in [-0.15, -0.1) is 0 Å². The summed E-state index contributed by atoms with van der Waals surface area (Å²) in [6.45, 7) is 3.92. The fourth-order valence-electron chi connectivity index (χ4n) is 1.88. The van der Waals surface area contributed by atoms with Gasteiger partial charge in [-0.2, -0.15) is 5.10 Å². The van der Waals surface area contributed by atoms with Crippen LogP contribution in [0.5, 0.6) is 0 Å². The van der Waals surface area contributed by atoms with Crippen molar-refractivity contribution in [2.24, 2.45) is 12.8 Å². The Morgan fingerprint density at radius 2 is 2.19 bits per heavy atom. The van der Waals surface area contributed by atoms with E-state index in [0.29, 0.717) is 12.8 Å². The predicted octanol–water partition coefficient (Wildman–Crippen LogP) is 2.50. The van der Waals surface area contributed by atoms with Crippen molar-refractivity contribution in [1.82, 2.24) is 9.78 Å². The van der Waals surface area contributed by atoms with Crippen molar-refractivity contribution in [3.8, 4) is 0 Å². The molecule has 3 nitrogen and oxygen atoms in total. The standard InChI is InChI=1S/C11H19BrFN3/c1-4-5-11(13,7-14)6-9-10(12)8(2)15-16(9)3/h4-7,14H2,1-3H3. The number of halogens is 2. The van der Waals surface area contributed by atoms with Crippen LogP contribution in [0.3, 0.4) is 0 Å². The van der Waals surface area contributed by atoms with Gasteiger partial charge in [0.2, 0.25) is 0 Å². The first-order valence-electron chi connectivity index (χ1n) is 5.50. The third-order valence-electron chi connectivity index (χ3n) is 2.81. The maximum Gasteiger partial charge on any atom is 0.128 e. The van der Waals surface area contributed by atoms with E-state index >= 15 is 0 Å². The summed E-state index contributed by atoms with van der Waals surface area (Å²) in [5.74, 6) is 0. The molecule has 0 saturated heterocycles. The minimum absolute atomic E-state index is 0.0531. The molecule has 1 aromatic rings. The molecule has 0 spiro atoms. The van der Waals surface area contributed by atoms with E-state index in [1.807, 2.05) is 20.9 Å². The third-order valence-corrected chi connectivity index (χ3v) is 3.84. The molecule has 1 atom stereocenters. The normalized spacial score (nSPS) is 15.1. The van der Waals surface area contributed by atoms with Gasteiger partial charge in [0.15, 0.2) is 0 Å². The number of alkyl halides is 1. The highest BCUT2D eigenvalue weighted by molar-refractivity contribution is 9.10. The van der Waals surface area contributed by atoms with Gasteiger partial charge in [-0.1, -0.05) is 13.3 Å². The molecule has 2 N–H and O–H groups in total. The molecule has 0 aliphatic carbocycles. The molecule has 0 bridgehead atoms. The Labute approximate surface area is 104 Å². The van der Waals surface area contributed by atoms with Crippen molar-refractivity contribution < 1.29 is 4.39 Å². The Hall–Kier alpha value is -0.420. The maximum absolute atomic E-state index is 14.4. The lowest BCUT2D eigenvalue weighted by Gasteiger charge is -2.23. The lowest BCUT2D eigenvalue weighted by Crippen LogP contribution is -2.36. The number of nitrogens with two attached hydrogens (primary N) is 1. The second kappa shape index (κ2) is 5.27. The van der Waals surface area contributed by atoms with Crippen molar-refractivity contribution in [2.75, 3.05) is 6.54 Å². The van der Waals surface area contributed by atoms with Crippen LogP contribution in [0.25, 0.3) is 0 Å². The number of nitrogens with zero attached hydrogens (tertiary/aromatic N) is 2. The smallest absolute Gasteiger partial charge is 0.128 e. The predicted molar refractivity (Wildman–Crippen MR) is 67.2 cm³/mol. The van der Waals surface area contributed by atoms with Gasteiger partial charge in [0.05, 0.1) is 15.9 Å². The molecular formula is C11H19BrFN3. The zero-order chi connectivity index (χ0) is 12.3. The minimum Gasteiger partial charge on any atom is -0.328 e. The summed E-state index contributed by atoms with van der Waals surface area (Å²) in [6.07, 6.45) is 1.59. The van der Waals surface area contributed by atoms with Gasteiger partial charge >= 0.3 is 0 Å². The topological polar surface area (TPSA) is 43.8 Å². The quantitative estimate of drug-likeness (QED) is 0.906. The van der Waals surface area contributed by atoms with Crippen LogP contribution in [-0.4, -0.2) is 22.0 Å². The number of rotatable bonds is 5. The van der Waals surface area contributed by atoms with E-state index < -0.39 is 5.67 Å². The summed E-state index contributed by atoms with van der Waals surface area (Å²) in [7, 11) is 1.83. The Morgan fingerprint density at radius 3 is 2.56 bits per heavy atom. The molecule has 1 rings (SSSR count). The van der Waals surface area contributed by atoms with Crippen LogP contribution in [0.1, 0.15) is 31.2 Å². The first-order valence-corrected chi connectivity index (χ1v) is 6.29. The summed E-state index contributed by atoms with van der Waals surface area (Å²) < 4.78 is 17.0. The van der Waals surface area contributed by atoms with Gasteiger partial charge in [0.1, 0.15) is 5.67 Å². The number of hydrogen-bond donors (Lipinski definition) is 1. The second-order valence-electron chi connectivity index (χ2n) is 4.25. The molecule has 1 heterocycles. The largest absolute Gasteiger partial charge is 0.328 e. The molecule has 0 fully saturated rings. The van der Waals surface area contributed by atoms with Crippen molar-refractivity contribution in [2.45, 2.75) is 38.8 Å². The first-order chi connectivity index (χ1) is 7.43. The van der Waals surface area contributed by atoms with Crippen LogP contribution < -0.4 is 5.73 Å². The molecule has 5 heteroatoms. The van der Waals surface area contributed by atoms with Gasteiger partial charge in [0.25, 0.3) is 0 Å². The van der Waals surface area contributed by atoms with Crippen LogP contribution in [0.2, 0.25) is 0 Å². The van der Waals surface area contributed by atoms with Crippen molar-refractivity contribution in [3.63, 3.8) is 0 Å². The summed E-state index contributed by atoms with van der Waals surface area (Å²) in [6, 6.07) is 0. The molecule has 0 saturated carbocycles. The van der Waals surface area contributed by atoms with Crippen molar-refractivity contribution in [1.29, 1.82) is 0 Å². The second-order valence-corrected chi connectivity index (χ2v) is 5.04. The Morgan fingerprint density at radius 1 is 1.56 bits per heavy atom. The first kappa shape index (κ1) is 13.6. The van der Waals surface area contributed by atoms with Crippen LogP contribution in [0.4, 0.5) is 4.39 Å². The van der Waals surface area contributed by atoms with E-state index in [0.717, 1.165) is 22.3 Å². The Kier molecular flexibility index (Phi) is 4.50. The lowest BCUT2D eigenvalue weighted by atomic mass is 9.94. The average Bonchev–Trinajstić information content (AvgIpc) is 2.46. The zero-order valence-electron chi connectivity index (χ0n) is 10.1. The molecule has 0 radical (unpaired) electrons. The lowest BCUT2D eigenvalue weighted by molar-refractivity contribution is 0.155. The van der Waals surface area contributed by atoms with E-state index in [2.05, 4.69) is 21.0 Å². The molecule has 92 valence electrons. The highest BCUT2D eigenvalue weighted by atomic mass is 79.9. The molecule has 0 amide bonds. The fraction of sp³-hybridized carbons (Fsp3) is 0.727. The van der Waals surface area contributed by atoms with E-state index in [4.69, 9.17) is 5.73 Å². The zero-order valence-corrected chi connectivity index (χ0v) is 11.6. The van der Waals surface area contributed by atoms with Crippen LogP contribution in [0.15, 0.2) is 4.47 Å². The van der Waals surface area contributed by atoms with Crippen LogP contribution in [-0.2, 0) is 13.5 Å². The molecule has 0 aliphatic heterocycles. The molecule has 1 aromatic heterocycles. The fourth-order valence-corrected chi connectivity index (χ4v) is 2.36. The van der Waals surface area contributed by atoms with E-state index in [1.54, 1.807) is 4.68 Å². The van der Waals surface area contributed by atoms with Crippen molar-refractivity contribution >= 4 is 15.9 Å². The van der Waals surface area contributed by atoms with Gasteiger partial charge in [-0.05, 0) is 29.3 Å². The molecule has 0 aromatic carbocycles. The molecule has 0 aliphatic rings. The summed E-state index contributed by atoms with van der Waals surface area (Å²) in [5.41, 5.74) is 5.96. The number of hydrogen-bond acceptors (Lipinski definition) is 2. The highest BCUT2D eigenvalue weighted by Gasteiger charge is 2.30. The van der Waals surface area contributed by atoms with E-state index in [9.17, 15) is 4.39 Å². The molecule has 16 heavy (non-hydrogen) atoms. The number of aromatic nitrogens is 2. The summed E-state index contributed by atoms with van der Waals surface area (Å²) >= 11 is 3.44. The van der Waals surface area contributed by atoms with Crippen LogP contribution >= 0.6 is 15.9 Å². The van der Waals surface area contributed by atoms with E-state index in [1.165, 1.54) is 0 Å². The van der Waals surface area contributed by atoms with Crippen molar-refractivity contribution in [3.05, 3.63) is 15.9 Å². The van der Waals surface area contributed by atoms with Gasteiger partial charge in [0, 0.05) is 20.0 Å². The molecular weight excluding hydrogens is 273 g/mol. The minimum atomic E-state index is -1.32. The van der Waals surface area contributed by atoms with Gasteiger partial charge in [-0.25, -0.2) is 4.39 Å². The Balaban J connectivity index is 2.93. The van der Waals surface area contributed by atoms with E-state index in [-0.39, 0.29) is 6.54 Å². The van der Waals surface area contributed by atoms with Gasteiger partial charge in [-0.3, -0.25) is 4.68 Å². The maximum atomic E-state index is 14.4.